The lowest BCUT2D eigenvalue weighted by molar-refractivity contribution is 0.0340. The summed E-state index contributed by atoms with van der Waals surface area (Å²) in [6.45, 7) is 2.74. The zero-order valence-corrected chi connectivity index (χ0v) is 9.68. The second kappa shape index (κ2) is 4.40. The van der Waals surface area contributed by atoms with Crippen LogP contribution in [0.2, 0.25) is 0 Å². The molecule has 2 aliphatic rings. The van der Waals surface area contributed by atoms with E-state index in [2.05, 4.69) is 20.1 Å². The van der Waals surface area contributed by atoms with E-state index in [1.807, 2.05) is 12.4 Å². The molecule has 1 aromatic rings. The van der Waals surface area contributed by atoms with Crippen molar-refractivity contribution in [2.24, 2.45) is 5.73 Å². The maximum atomic E-state index is 5.88. The van der Waals surface area contributed by atoms with Gasteiger partial charge < -0.3 is 10.7 Å². The van der Waals surface area contributed by atoms with Gasteiger partial charge in [-0.3, -0.25) is 0 Å². The normalized spacial score (nSPS) is 24.3. The lowest BCUT2D eigenvalue weighted by atomic mass is 10.3. The lowest BCUT2D eigenvalue weighted by Gasteiger charge is -2.31. The largest absolute Gasteiger partial charge is 0.326 e. The van der Waals surface area contributed by atoms with E-state index in [9.17, 15) is 0 Å². The van der Waals surface area contributed by atoms with E-state index < -0.39 is 0 Å². The van der Waals surface area contributed by atoms with Gasteiger partial charge in [-0.2, -0.15) is 5.10 Å². The molecule has 0 radical (unpaired) electrons. The molecule has 0 saturated carbocycles. The van der Waals surface area contributed by atoms with Crippen LogP contribution in [0, 0.1) is 0 Å². The zero-order chi connectivity index (χ0) is 10.3. The van der Waals surface area contributed by atoms with Crippen LogP contribution in [0.4, 0.5) is 0 Å². The first-order valence-electron chi connectivity index (χ1n) is 5.17. The molecule has 3 heterocycles. The van der Waals surface area contributed by atoms with Crippen molar-refractivity contribution in [3.05, 3.63) is 18.4 Å². The standard InChI is InChI=1S/C9H14N6.ClH/c10-8-1-2-13(5-8)14-3-4-15-9(6-14)11-7-12-15;/h3-4,7-8H,1-2,5-6,10H2;1H. The molecule has 0 spiro atoms. The van der Waals surface area contributed by atoms with E-state index in [0.717, 1.165) is 31.9 Å². The van der Waals surface area contributed by atoms with E-state index in [0.29, 0.717) is 6.04 Å². The highest BCUT2D eigenvalue weighted by Crippen LogP contribution is 2.16. The van der Waals surface area contributed by atoms with Crippen LogP contribution >= 0.6 is 12.4 Å². The molecule has 1 atom stereocenters. The molecule has 0 bridgehead atoms. The highest BCUT2D eigenvalue weighted by atomic mass is 35.5. The third kappa shape index (κ3) is 1.91. The molecule has 1 aromatic heterocycles. The van der Waals surface area contributed by atoms with Gasteiger partial charge in [0.2, 0.25) is 0 Å². The summed E-state index contributed by atoms with van der Waals surface area (Å²) in [7, 11) is 0. The van der Waals surface area contributed by atoms with E-state index in [4.69, 9.17) is 5.73 Å². The van der Waals surface area contributed by atoms with Crippen molar-refractivity contribution in [2.75, 3.05) is 13.1 Å². The predicted octanol–water partition coefficient (Wildman–Crippen LogP) is -0.108. The maximum absolute atomic E-state index is 5.88. The highest BCUT2D eigenvalue weighted by Gasteiger charge is 2.25. The molecule has 16 heavy (non-hydrogen) atoms. The number of aromatic nitrogens is 3. The molecule has 3 rings (SSSR count). The third-order valence-electron chi connectivity index (χ3n) is 2.90. The maximum Gasteiger partial charge on any atom is 0.152 e. The molecular weight excluding hydrogens is 228 g/mol. The molecule has 1 fully saturated rings. The second-order valence-electron chi connectivity index (χ2n) is 3.98. The van der Waals surface area contributed by atoms with E-state index in [1.165, 1.54) is 0 Å². The van der Waals surface area contributed by atoms with Crippen molar-refractivity contribution in [1.82, 2.24) is 24.8 Å². The Bertz CT molecular complexity index is 389. The van der Waals surface area contributed by atoms with Gasteiger partial charge in [-0.05, 0) is 6.42 Å². The molecule has 1 saturated heterocycles. The van der Waals surface area contributed by atoms with Crippen LogP contribution in [0.5, 0.6) is 0 Å². The van der Waals surface area contributed by atoms with Gasteiger partial charge in [0, 0.05) is 31.5 Å². The molecule has 2 N–H and O–H groups in total. The number of hydrogen-bond acceptors (Lipinski definition) is 5. The number of nitrogens with zero attached hydrogens (tertiary/aromatic N) is 5. The van der Waals surface area contributed by atoms with Crippen molar-refractivity contribution in [3.63, 3.8) is 0 Å². The monoisotopic (exact) mass is 242 g/mol. The topological polar surface area (TPSA) is 63.2 Å². The predicted molar refractivity (Wildman–Crippen MR) is 62.3 cm³/mol. The fourth-order valence-electron chi connectivity index (χ4n) is 2.05. The van der Waals surface area contributed by atoms with Crippen LogP contribution in [0.3, 0.4) is 0 Å². The summed E-state index contributed by atoms with van der Waals surface area (Å²) >= 11 is 0. The molecule has 7 heteroatoms. The van der Waals surface area contributed by atoms with Crippen LogP contribution in [-0.4, -0.2) is 43.9 Å². The van der Waals surface area contributed by atoms with Gasteiger partial charge in [-0.1, -0.05) is 0 Å². The molecular formula is C9H15ClN6. The molecule has 2 aliphatic heterocycles. The summed E-state index contributed by atoms with van der Waals surface area (Å²) in [6.07, 6.45) is 6.60. The fourth-order valence-corrected chi connectivity index (χ4v) is 2.05. The quantitative estimate of drug-likeness (QED) is 0.745. The zero-order valence-electron chi connectivity index (χ0n) is 8.86. The molecule has 0 amide bonds. The van der Waals surface area contributed by atoms with Crippen molar-refractivity contribution >= 4 is 18.6 Å². The Morgan fingerprint density at radius 2 is 2.25 bits per heavy atom. The van der Waals surface area contributed by atoms with Crippen LogP contribution < -0.4 is 5.73 Å². The minimum atomic E-state index is 0. The molecule has 0 aromatic carbocycles. The number of hydrazine groups is 1. The summed E-state index contributed by atoms with van der Waals surface area (Å²) in [5.41, 5.74) is 5.88. The second-order valence-corrected chi connectivity index (χ2v) is 3.98. The summed E-state index contributed by atoms with van der Waals surface area (Å²) in [5, 5.41) is 8.51. The average molecular weight is 243 g/mol. The minimum Gasteiger partial charge on any atom is -0.326 e. The van der Waals surface area contributed by atoms with E-state index in [1.54, 1.807) is 11.0 Å². The average Bonchev–Trinajstić information content (AvgIpc) is 2.84. The first-order valence-corrected chi connectivity index (χ1v) is 5.17. The van der Waals surface area contributed by atoms with Crippen LogP contribution in [0.25, 0.3) is 6.20 Å². The Morgan fingerprint density at radius 1 is 1.38 bits per heavy atom. The van der Waals surface area contributed by atoms with Gasteiger partial charge >= 0.3 is 0 Å². The summed E-state index contributed by atoms with van der Waals surface area (Å²) < 4.78 is 1.80. The first-order chi connectivity index (χ1) is 7.33. The molecule has 6 nitrogen and oxygen atoms in total. The Morgan fingerprint density at radius 3 is 3.00 bits per heavy atom. The Labute approximate surface area is 100 Å². The third-order valence-corrected chi connectivity index (χ3v) is 2.90. The van der Waals surface area contributed by atoms with Gasteiger partial charge in [0.15, 0.2) is 5.82 Å². The SMILES string of the molecule is Cl.NC1CCN(N2C=Cn3ncnc3C2)C1. The minimum absolute atomic E-state index is 0. The van der Waals surface area contributed by atoms with Crippen LogP contribution in [-0.2, 0) is 6.54 Å². The van der Waals surface area contributed by atoms with Crippen LogP contribution in [0.1, 0.15) is 12.2 Å². The molecule has 0 aliphatic carbocycles. The van der Waals surface area contributed by atoms with Crippen molar-refractivity contribution in [2.45, 2.75) is 19.0 Å². The number of rotatable bonds is 1. The number of hydrogen-bond donors (Lipinski definition) is 1. The Kier molecular flexibility index (Phi) is 3.13. The molecule has 88 valence electrons. The van der Waals surface area contributed by atoms with Crippen molar-refractivity contribution < 1.29 is 0 Å². The number of fused-ring (bicyclic) bond motifs is 1. The highest BCUT2D eigenvalue weighted by molar-refractivity contribution is 5.85. The number of halogens is 1. The summed E-state index contributed by atoms with van der Waals surface area (Å²) in [6, 6.07) is 0.304. The van der Waals surface area contributed by atoms with E-state index in [-0.39, 0.29) is 12.4 Å². The Hall–Kier alpha value is -1.11. The summed E-state index contributed by atoms with van der Waals surface area (Å²) in [4.78, 5) is 4.20. The van der Waals surface area contributed by atoms with Crippen molar-refractivity contribution in [3.8, 4) is 0 Å². The molecule has 1 unspecified atom stereocenters. The first kappa shape index (κ1) is 11.4. The van der Waals surface area contributed by atoms with Crippen LogP contribution in [0.15, 0.2) is 12.5 Å². The summed E-state index contributed by atoms with van der Waals surface area (Å²) in [5.74, 6) is 0.970. The smallest absolute Gasteiger partial charge is 0.152 e. The van der Waals surface area contributed by atoms with Gasteiger partial charge in [-0.25, -0.2) is 14.7 Å². The van der Waals surface area contributed by atoms with Gasteiger partial charge in [0.25, 0.3) is 0 Å². The Balaban J connectivity index is 0.000000963. The number of nitrogens with two attached hydrogens (primary N) is 1. The van der Waals surface area contributed by atoms with Gasteiger partial charge in [0.1, 0.15) is 6.33 Å². The van der Waals surface area contributed by atoms with Gasteiger partial charge in [-0.15, -0.1) is 12.4 Å². The lowest BCUT2D eigenvalue weighted by Crippen LogP contribution is -2.40. The fraction of sp³-hybridized carbons (Fsp3) is 0.556. The van der Waals surface area contributed by atoms with Crippen molar-refractivity contribution in [1.29, 1.82) is 0 Å². The van der Waals surface area contributed by atoms with E-state index >= 15 is 0 Å². The van der Waals surface area contributed by atoms with Gasteiger partial charge in [0.05, 0.1) is 6.54 Å².